The van der Waals surface area contributed by atoms with Crippen LogP contribution in [0.3, 0.4) is 0 Å². The van der Waals surface area contributed by atoms with Crippen LogP contribution in [0.1, 0.15) is 19.1 Å². The van der Waals surface area contributed by atoms with Crippen molar-refractivity contribution in [3.05, 3.63) is 42.2 Å². The minimum absolute atomic E-state index is 0.00445. The van der Waals surface area contributed by atoms with E-state index in [1.54, 1.807) is 11.3 Å². The van der Waals surface area contributed by atoms with Gasteiger partial charge in [-0.05, 0) is 30.7 Å². The van der Waals surface area contributed by atoms with Gasteiger partial charge in [-0.1, -0.05) is 19.1 Å². The zero-order valence-corrected chi connectivity index (χ0v) is 13.8. The second kappa shape index (κ2) is 7.39. The normalized spacial score (nSPS) is 11.0. The number of nitrogens with one attached hydrogen (secondary N) is 2. The molecule has 0 aliphatic heterocycles. The highest BCUT2D eigenvalue weighted by atomic mass is 32.1. The first kappa shape index (κ1) is 15.7. The number of aromatic nitrogens is 1. The molecule has 0 atom stereocenters. The number of nitrogens with zero attached hydrogens (tertiary/aromatic N) is 1. The van der Waals surface area contributed by atoms with Crippen molar-refractivity contribution >= 4 is 27.5 Å². The highest BCUT2D eigenvalue weighted by Crippen LogP contribution is 2.30. The van der Waals surface area contributed by atoms with E-state index in [0.29, 0.717) is 13.1 Å². The maximum absolute atomic E-state index is 11.5. The molecule has 0 saturated carbocycles. The summed E-state index contributed by atoms with van der Waals surface area (Å²) in [4.78, 5) is 16.1. The van der Waals surface area contributed by atoms with Crippen molar-refractivity contribution in [2.24, 2.45) is 0 Å². The summed E-state index contributed by atoms with van der Waals surface area (Å²) in [6.45, 7) is 3.55. The van der Waals surface area contributed by atoms with Crippen LogP contribution in [-0.2, 0) is 11.3 Å². The molecule has 2 aromatic heterocycles. The molecule has 23 heavy (non-hydrogen) atoms. The van der Waals surface area contributed by atoms with Gasteiger partial charge in [0.05, 0.1) is 23.3 Å². The number of hydrogen-bond acceptors (Lipinski definition) is 5. The average Bonchev–Trinajstić information content (AvgIpc) is 3.19. The van der Waals surface area contributed by atoms with Crippen LogP contribution in [0.15, 0.2) is 40.8 Å². The number of rotatable bonds is 7. The fraction of sp³-hybridized carbons (Fsp3) is 0.294. The lowest BCUT2D eigenvalue weighted by Gasteiger charge is -2.04. The van der Waals surface area contributed by atoms with Crippen LogP contribution < -0.4 is 10.6 Å². The number of thiazole rings is 1. The molecule has 5 nitrogen and oxygen atoms in total. The van der Waals surface area contributed by atoms with Crippen molar-refractivity contribution in [2.45, 2.75) is 19.9 Å². The monoisotopic (exact) mass is 329 g/mol. The second-order valence-corrected chi connectivity index (χ2v) is 6.24. The Labute approximate surface area is 138 Å². The van der Waals surface area contributed by atoms with Crippen molar-refractivity contribution < 1.29 is 9.21 Å². The third-order valence-corrected chi connectivity index (χ3v) is 4.37. The van der Waals surface area contributed by atoms with Gasteiger partial charge in [0.2, 0.25) is 5.91 Å². The largest absolute Gasteiger partial charge is 0.457 e. The van der Waals surface area contributed by atoms with Crippen molar-refractivity contribution in [2.75, 3.05) is 13.1 Å². The lowest BCUT2D eigenvalue weighted by atomic mass is 10.3. The smallest absolute Gasteiger partial charge is 0.233 e. The maximum Gasteiger partial charge on any atom is 0.233 e. The van der Waals surface area contributed by atoms with Gasteiger partial charge >= 0.3 is 0 Å². The average molecular weight is 329 g/mol. The predicted octanol–water partition coefficient (Wildman–Crippen LogP) is 3.17. The number of benzene rings is 1. The Bertz CT molecular complexity index is 761. The first-order valence-electron chi connectivity index (χ1n) is 7.68. The van der Waals surface area contributed by atoms with Gasteiger partial charge in [0, 0.05) is 6.54 Å². The SMILES string of the molecule is CCCNC(=O)CNCc1ccc(-c2nc3ccccc3s2)o1. The summed E-state index contributed by atoms with van der Waals surface area (Å²) in [5, 5.41) is 6.78. The highest BCUT2D eigenvalue weighted by molar-refractivity contribution is 7.21. The predicted molar refractivity (Wildman–Crippen MR) is 92.3 cm³/mol. The molecule has 0 bridgehead atoms. The number of fused-ring (bicyclic) bond motifs is 1. The molecular weight excluding hydrogens is 310 g/mol. The molecule has 0 radical (unpaired) electrons. The number of carbonyl (C=O) groups is 1. The van der Waals surface area contributed by atoms with Crippen LogP contribution in [0.25, 0.3) is 21.0 Å². The summed E-state index contributed by atoms with van der Waals surface area (Å²) >= 11 is 1.61. The van der Waals surface area contributed by atoms with Gasteiger partial charge in [-0.15, -0.1) is 11.3 Å². The van der Waals surface area contributed by atoms with Gasteiger partial charge in [0.15, 0.2) is 10.8 Å². The van der Waals surface area contributed by atoms with E-state index in [0.717, 1.165) is 33.2 Å². The van der Waals surface area contributed by atoms with E-state index >= 15 is 0 Å². The van der Waals surface area contributed by atoms with Crippen LogP contribution in [-0.4, -0.2) is 24.0 Å². The van der Waals surface area contributed by atoms with Gasteiger partial charge in [-0.3, -0.25) is 4.79 Å². The molecule has 0 unspecified atom stereocenters. The summed E-state index contributed by atoms with van der Waals surface area (Å²) in [5.41, 5.74) is 0.983. The van der Waals surface area contributed by atoms with Crippen LogP contribution in [0.4, 0.5) is 0 Å². The van der Waals surface area contributed by atoms with Crippen molar-refractivity contribution in [3.63, 3.8) is 0 Å². The fourth-order valence-electron chi connectivity index (χ4n) is 2.19. The Morgan fingerprint density at radius 3 is 2.96 bits per heavy atom. The molecule has 1 aromatic carbocycles. The van der Waals surface area contributed by atoms with Crippen molar-refractivity contribution in [1.82, 2.24) is 15.6 Å². The lowest BCUT2D eigenvalue weighted by molar-refractivity contribution is -0.120. The minimum Gasteiger partial charge on any atom is -0.457 e. The number of furan rings is 1. The summed E-state index contributed by atoms with van der Waals surface area (Å²) in [5.74, 6) is 1.56. The molecule has 3 rings (SSSR count). The van der Waals surface area contributed by atoms with E-state index in [-0.39, 0.29) is 12.5 Å². The Hall–Kier alpha value is -2.18. The second-order valence-electron chi connectivity index (χ2n) is 5.21. The van der Waals surface area contributed by atoms with Gasteiger partial charge < -0.3 is 15.1 Å². The summed E-state index contributed by atoms with van der Waals surface area (Å²) in [6.07, 6.45) is 0.940. The van der Waals surface area contributed by atoms with Crippen LogP contribution in [0.2, 0.25) is 0 Å². The molecule has 2 heterocycles. The molecule has 0 fully saturated rings. The van der Waals surface area contributed by atoms with Gasteiger partial charge in [-0.25, -0.2) is 4.98 Å². The molecule has 0 spiro atoms. The van der Waals surface area contributed by atoms with E-state index in [2.05, 4.69) is 21.7 Å². The van der Waals surface area contributed by atoms with E-state index in [1.807, 2.05) is 37.3 Å². The fourth-order valence-corrected chi connectivity index (χ4v) is 3.12. The third kappa shape index (κ3) is 3.97. The molecule has 120 valence electrons. The molecular formula is C17H19N3O2S. The minimum atomic E-state index is 0.00445. The Morgan fingerprint density at radius 1 is 1.26 bits per heavy atom. The van der Waals surface area contributed by atoms with Crippen LogP contribution in [0, 0.1) is 0 Å². The third-order valence-electron chi connectivity index (χ3n) is 3.32. The highest BCUT2D eigenvalue weighted by Gasteiger charge is 2.10. The zero-order valence-electron chi connectivity index (χ0n) is 13.0. The Balaban J connectivity index is 1.58. The van der Waals surface area contributed by atoms with Gasteiger partial charge in [0.25, 0.3) is 0 Å². The first-order chi connectivity index (χ1) is 11.3. The van der Waals surface area contributed by atoms with E-state index in [4.69, 9.17) is 4.42 Å². The number of amides is 1. The summed E-state index contributed by atoms with van der Waals surface area (Å²) < 4.78 is 6.96. The molecule has 1 amide bonds. The van der Waals surface area contributed by atoms with Crippen LogP contribution in [0.5, 0.6) is 0 Å². The van der Waals surface area contributed by atoms with Crippen LogP contribution >= 0.6 is 11.3 Å². The van der Waals surface area contributed by atoms with Gasteiger partial charge in [0.1, 0.15) is 5.76 Å². The van der Waals surface area contributed by atoms with Crippen molar-refractivity contribution in [1.29, 1.82) is 0 Å². The van der Waals surface area contributed by atoms with Crippen molar-refractivity contribution in [3.8, 4) is 10.8 Å². The zero-order chi connectivity index (χ0) is 16.1. The maximum atomic E-state index is 11.5. The lowest BCUT2D eigenvalue weighted by Crippen LogP contribution is -2.33. The summed E-state index contributed by atoms with van der Waals surface area (Å²) in [6, 6.07) is 11.9. The molecule has 0 saturated heterocycles. The number of para-hydroxylation sites is 1. The molecule has 3 aromatic rings. The van der Waals surface area contributed by atoms with E-state index < -0.39 is 0 Å². The Morgan fingerprint density at radius 2 is 2.13 bits per heavy atom. The summed E-state index contributed by atoms with van der Waals surface area (Å²) in [7, 11) is 0. The molecule has 0 aliphatic rings. The number of carbonyl (C=O) groups excluding carboxylic acids is 1. The molecule has 2 N–H and O–H groups in total. The number of hydrogen-bond donors (Lipinski definition) is 2. The van der Waals surface area contributed by atoms with E-state index in [9.17, 15) is 4.79 Å². The topological polar surface area (TPSA) is 67.2 Å². The molecule has 6 heteroatoms. The first-order valence-corrected chi connectivity index (χ1v) is 8.50. The standard InChI is InChI=1S/C17H19N3O2S/c1-2-9-19-16(21)11-18-10-12-7-8-14(22-12)17-20-13-5-3-4-6-15(13)23-17/h3-8,18H,2,9-11H2,1H3,(H,19,21). The molecule has 0 aliphatic carbocycles. The van der Waals surface area contributed by atoms with Gasteiger partial charge in [-0.2, -0.15) is 0 Å². The quantitative estimate of drug-likeness (QED) is 0.699. The Kier molecular flexibility index (Phi) is 5.05. The van der Waals surface area contributed by atoms with E-state index in [1.165, 1.54) is 0 Å².